The summed E-state index contributed by atoms with van der Waals surface area (Å²) in [6.45, 7) is 4.22. The van der Waals surface area contributed by atoms with Crippen LogP contribution in [0.3, 0.4) is 0 Å². The van der Waals surface area contributed by atoms with E-state index in [1.165, 1.54) is 0 Å². The first-order valence-corrected chi connectivity index (χ1v) is 6.41. The van der Waals surface area contributed by atoms with Crippen molar-refractivity contribution in [2.45, 2.75) is 0 Å². The second kappa shape index (κ2) is 10.0. The van der Waals surface area contributed by atoms with Crippen molar-refractivity contribution >= 4 is 14.1 Å². The molecule has 0 aromatic heterocycles. The molecule has 8 heteroatoms. The van der Waals surface area contributed by atoms with Crippen LogP contribution in [0.1, 0.15) is 0 Å². The average Bonchev–Trinajstić information content (AvgIpc) is 2.42. The first-order valence-electron chi connectivity index (χ1n) is 6.41. The van der Waals surface area contributed by atoms with Crippen molar-refractivity contribution in [3.8, 4) is 0 Å². The molecule has 0 unspecified atom stereocenters. The van der Waals surface area contributed by atoms with Crippen molar-refractivity contribution < 1.29 is 24.1 Å². The van der Waals surface area contributed by atoms with Gasteiger partial charge in [-0.1, -0.05) is 0 Å². The first-order chi connectivity index (χ1) is 9.24. The summed E-state index contributed by atoms with van der Waals surface area (Å²) in [6.07, 6.45) is -0.326. The predicted molar refractivity (Wildman–Crippen MR) is 69.0 cm³/mol. The molecule has 1 saturated heterocycles. The largest absolute Gasteiger partial charge is 0.447 e. The number of ether oxygens (including phenoxy) is 3. The minimum absolute atomic E-state index is 0.00762. The third-order valence-electron chi connectivity index (χ3n) is 2.63. The van der Waals surface area contributed by atoms with Crippen molar-refractivity contribution in [3.63, 3.8) is 0 Å². The smallest absolute Gasteiger partial charge is 0.409 e. The summed E-state index contributed by atoms with van der Waals surface area (Å²) in [5.41, 5.74) is 0. The van der Waals surface area contributed by atoms with Gasteiger partial charge < -0.3 is 29.0 Å². The molecule has 2 radical (unpaired) electrons. The Labute approximate surface area is 114 Å². The zero-order chi connectivity index (χ0) is 13.9. The van der Waals surface area contributed by atoms with E-state index in [4.69, 9.17) is 27.3 Å². The number of aliphatic hydroxyl groups is 1. The van der Waals surface area contributed by atoms with Gasteiger partial charge in [0.15, 0.2) is 7.98 Å². The lowest BCUT2D eigenvalue weighted by Crippen LogP contribution is -2.48. The van der Waals surface area contributed by atoms with Crippen LogP contribution in [0.4, 0.5) is 4.79 Å². The van der Waals surface area contributed by atoms with Crippen LogP contribution < -0.4 is 0 Å². The number of piperazine rings is 1. The highest BCUT2D eigenvalue weighted by molar-refractivity contribution is 6.04. The third-order valence-corrected chi connectivity index (χ3v) is 2.63. The zero-order valence-electron chi connectivity index (χ0n) is 11.1. The highest BCUT2D eigenvalue weighted by Gasteiger charge is 2.19. The average molecular weight is 272 g/mol. The Bertz CT molecular complexity index is 249. The lowest BCUT2D eigenvalue weighted by molar-refractivity contribution is 0.0130. The van der Waals surface area contributed by atoms with Gasteiger partial charge in [-0.15, -0.1) is 0 Å². The van der Waals surface area contributed by atoms with Crippen molar-refractivity contribution in [2.24, 2.45) is 0 Å². The molecule has 1 N–H and O–H groups in total. The van der Waals surface area contributed by atoms with E-state index < -0.39 is 0 Å². The van der Waals surface area contributed by atoms with E-state index in [1.807, 2.05) is 0 Å². The Morgan fingerprint density at radius 1 is 1.00 bits per heavy atom. The summed E-state index contributed by atoms with van der Waals surface area (Å²) in [6, 6.07) is 0. The maximum absolute atomic E-state index is 11.6. The standard InChI is InChI=1S/C11H21BN2O5/c12-14-3-1-13(2-4-14)11(16)19-10-9-18-8-7-17-6-5-15/h15H,1-10H2. The molecule has 1 aliphatic rings. The molecule has 1 fully saturated rings. The lowest BCUT2D eigenvalue weighted by Gasteiger charge is -2.32. The minimum Gasteiger partial charge on any atom is -0.447 e. The summed E-state index contributed by atoms with van der Waals surface area (Å²) < 4.78 is 15.3. The van der Waals surface area contributed by atoms with Crippen LogP contribution in [0.5, 0.6) is 0 Å². The second-order valence-electron chi connectivity index (χ2n) is 4.09. The highest BCUT2D eigenvalue weighted by Crippen LogP contribution is 2.01. The van der Waals surface area contributed by atoms with Crippen LogP contribution in [0, 0.1) is 0 Å². The van der Waals surface area contributed by atoms with Crippen LogP contribution in [0.25, 0.3) is 0 Å². The summed E-state index contributed by atoms with van der Waals surface area (Å²) in [5.74, 6) is 0. The molecule has 0 bridgehead atoms. The Morgan fingerprint density at radius 2 is 1.58 bits per heavy atom. The predicted octanol–water partition coefficient (Wildman–Crippen LogP) is -1.15. The van der Waals surface area contributed by atoms with Gasteiger partial charge in [-0.3, -0.25) is 0 Å². The molecule has 1 heterocycles. The van der Waals surface area contributed by atoms with E-state index in [1.54, 1.807) is 9.71 Å². The topological polar surface area (TPSA) is 71.5 Å². The molecule has 1 amide bonds. The maximum atomic E-state index is 11.6. The molecule has 1 rings (SSSR count). The molecule has 0 atom stereocenters. The number of aliphatic hydroxyl groups excluding tert-OH is 1. The Balaban J connectivity index is 1.93. The Morgan fingerprint density at radius 3 is 2.21 bits per heavy atom. The number of amides is 1. The molecule has 108 valence electrons. The fourth-order valence-corrected chi connectivity index (χ4v) is 1.57. The number of hydrogen-bond acceptors (Lipinski definition) is 6. The van der Waals surface area contributed by atoms with Gasteiger partial charge in [-0.05, 0) is 0 Å². The number of rotatable bonds is 8. The summed E-state index contributed by atoms with van der Waals surface area (Å²) in [4.78, 5) is 14.9. The fourth-order valence-electron chi connectivity index (χ4n) is 1.57. The van der Waals surface area contributed by atoms with Crippen molar-refractivity contribution in [1.82, 2.24) is 9.71 Å². The molecule has 7 nitrogen and oxygen atoms in total. The van der Waals surface area contributed by atoms with Crippen LogP contribution in [0.15, 0.2) is 0 Å². The fraction of sp³-hybridized carbons (Fsp3) is 0.909. The SMILES string of the molecule is [B]N1CCN(C(=O)OCCOCCOCCO)CC1. The molecule has 0 saturated carbocycles. The van der Waals surface area contributed by atoms with Crippen molar-refractivity contribution in [1.29, 1.82) is 0 Å². The number of carbonyl (C=O) groups excluding carboxylic acids is 1. The van der Waals surface area contributed by atoms with E-state index in [0.717, 1.165) is 0 Å². The highest BCUT2D eigenvalue weighted by atomic mass is 16.6. The van der Waals surface area contributed by atoms with Crippen molar-refractivity contribution in [3.05, 3.63) is 0 Å². The van der Waals surface area contributed by atoms with Gasteiger partial charge in [0, 0.05) is 26.2 Å². The molecular weight excluding hydrogens is 251 g/mol. The van der Waals surface area contributed by atoms with E-state index in [9.17, 15) is 4.79 Å². The van der Waals surface area contributed by atoms with Gasteiger partial charge in [-0.25, -0.2) is 4.79 Å². The van der Waals surface area contributed by atoms with E-state index in [2.05, 4.69) is 0 Å². The van der Waals surface area contributed by atoms with Gasteiger partial charge in [0.1, 0.15) is 6.61 Å². The molecular formula is C11H21BN2O5. The summed E-state index contributed by atoms with van der Waals surface area (Å²) >= 11 is 0. The Kier molecular flexibility index (Phi) is 8.56. The third kappa shape index (κ3) is 7.36. The van der Waals surface area contributed by atoms with Gasteiger partial charge in [0.25, 0.3) is 0 Å². The number of hydrogen-bond donors (Lipinski definition) is 1. The number of carbonyl (C=O) groups is 1. The monoisotopic (exact) mass is 272 g/mol. The molecule has 0 aliphatic carbocycles. The lowest BCUT2D eigenvalue weighted by atomic mass is 10.2. The van der Waals surface area contributed by atoms with Crippen LogP contribution >= 0.6 is 0 Å². The summed E-state index contributed by atoms with van der Waals surface area (Å²) in [5, 5.41) is 8.47. The number of nitrogens with zero attached hydrogens (tertiary/aromatic N) is 2. The summed E-state index contributed by atoms with van der Waals surface area (Å²) in [7, 11) is 5.59. The van der Waals surface area contributed by atoms with Gasteiger partial charge in [-0.2, -0.15) is 0 Å². The van der Waals surface area contributed by atoms with Gasteiger partial charge in [0.05, 0.1) is 33.0 Å². The first kappa shape index (κ1) is 16.2. The van der Waals surface area contributed by atoms with Crippen LogP contribution in [0.2, 0.25) is 0 Å². The molecule has 0 aromatic rings. The van der Waals surface area contributed by atoms with Crippen LogP contribution in [-0.2, 0) is 14.2 Å². The molecule has 0 spiro atoms. The molecule has 1 aliphatic heterocycles. The minimum atomic E-state index is -0.326. The quantitative estimate of drug-likeness (QED) is 0.444. The maximum Gasteiger partial charge on any atom is 0.409 e. The Hall–Kier alpha value is -0.825. The van der Waals surface area contributed by atoms with E-state index >= 15 is 0 Å². The normalized spacial score (nSPS) is 16.6. The second-order valence-corrected chi connectivity index (χ2v) is 4.09. The van der Waals surface area contributed by atoms with Crippen LogP contribution in [-0.4, -0.2) is 94.7 Å². The van der Waals surface area contributed by atoms with E-state index in [-0.39, 0.29) is 19.3 Å². The zero-order valence-corrected chi connectivity index (χ0v) is 11.1. The van der Waals surface area contributed by atoms with E-state index in [0.29, 0.717) is 52.6 Å². The van der Waals surface area contributed by atoms with Gasteiger partial charge in [0.2, 0.25) is 0 Å². The van der Waals surface area contributed by atoms with Crippen molar-refractivity contribution in [2.75, 3.05) is 65.8 Å². The molecule has 0 aromatic carbocycles. The molecule has 19 heavy (non-hydrogen) atoms. The van der Waals surface area contributed by atoms with Gasteiger partial charge >= 0.3 is 6.09 Å².